The van der Waals surface area contributed by atoms with Gasteiger partial charge >= 0.3 is 35.5 Å². The molecule has 21 heavy (non-hydrogen) atoms. The van der Waals surface area contributed by atoms with Crippen LogP contribution in [0.5, 0.6) is 0 Å². The summed E-state index contributed by atoms with van der Waals surface area (Å²) in [6.07, 6.45) is 1.48. The number of rotatable bonds is 3. The fraction of sp³-hybridized carbons (Fsp3) is 0.667. The Morgan fingerprint density at radius 3 is 0.905 bits per heavy atom. The Morgan fingerprint density at radius 1 is 0.762 bits per heavy atom. The normalized spacial score (nSPS) is 7.33. The summed E-state index contributed by atoms with van der Waals surface area (Å²) in [4.78, 5) is 37.2. The predicted molar refractivity (Wildman–Crippen MR) is 72.7 cm³/mol. The van der Waals surface area contributed by atoms with E-state index in [9.17, 15) is 4.79 Å². The predicted octanol–water partition coefficient (Wildman–Crippen LogP) is -1.10. The minimum Gasteiger partial charge on any atom is -1.00 e. The second kappa shape index (κ2) is 23.9. The van der Waals surface area contributed by atoms with Crippen LogP contribution in [0.15, 0.2) is 0 Å². The van der Waals surface area contributed by atoms with Crippen LogP contribution in [0.25, 0.3) is 0 Å². The number of carboxylic acid groups (broad SMARTS) is 4. The molecule has 0 aliphatic rings. The average molecular weight is 320 g/mol. The molecule has 0 atom stereocenters. The van der Waals surface area contributed by atoms with Gasteiger partial charge in [-0.05, 0) is 12.8 Å². The molecule has 8 nitrogen and oxygen atoms in total. The van der Waals surface area contributed by atoms with Gasteiger partial charge in [0.15, 0.2) is 0 Å². The first-order chi connectivity index (χ1) is 8.91. The fourth-order valence-corrected chi connectivity index (χ4v) is 0.638. The van der Waals surface area contributed by atoms with Gasteiger partial charge in [0.25, 0.3) is 17.9 Å². The quantitative estimate of drug-likeness (QED) is 0.478. The molecule has 0 aromatic rings. The molecule has 0 spiro atoms. The largest absolute Gasteiger partial charge is 1.00 e. The van der Waals surface area contributed by atoms with Crippen LogP contribution in [0.4, 0.5) is 0 Å². The second-order valence-corrected chi connectivity index (χ2v) is 3.41. The maximum Gasteiger partial charge on any atom is 1.00 e. The number of hydrogen-bond donors (Lipinski definition) is 4. The molecular formula is C12H25NaO8. The molecule has 0 radical (unpaired) electrons. The molecule has 0 amide bonds. The van der Waals surface area contributed by atoms with Gasteiger partial charge in [-0.3, -0.25) is 19.2 Å². The maximum atomic E-state index is 10.2. The Bertz CT molecular complexity index is 252. The zero-order chi connectivity index (χ0) is 17.3. The van der Waals surface area contributed by atoms with Gasteiger partial charge in [-0.15, -0.1) is 0 Å². The van der Waals surface area contributed by atoms with Crippen molar-refractivity contribution >= 4 is 23.9 Å². The average Bonchev–Trinajstić information content (AvgIpc) is 2.15. The van der Waals surface area contributed by atoms with E-state index in [1.807, 2.05) is 13.8 Å². The summed E-state index contributed by atoms with van der Waals surface area (Å²) in [5.41, 5.74) is 0. The summed E-state index contributed by atoms with van der Waals surface area (Å²) in [6, 6.07) is 0. The van der Waals surface area contributed by atoms with Crippen molar-refractivity contribution in [1.29, 1.82) is 0 Å². The Hall–Kier alpha value is -1.12. The van der Waals surface area contributed by atoms with Gasteiger partial charge < -0.3 is 21.9 Å². The molecule has 0 saturated carbocycles. The molecule has 0 saturated heterocycles. The van der Waals surface area contributed by atoms with Crippen LogP contribution in [-0.2, 0) is 19.2 Å². The van der Waals surface area contributed by atoms with Crippen LogP contribution < -0.4 is 29.6 Å². The molecule has 0 aromatic carbocycles. The van der Waals surface area contributed by atoms with Crippen molar-refractivity contribution in [2.24, 2.45) is 5.92 Å². The van der Waals surface area contributed by atoms with Crippen molar-refractivity contribution in [3.05, 3.63) is 0 Å². The molecule has 0 fully saturated rings. The Labute approximate surface area is 147 Å². The molecule has 4 N–H and O–H groups in total. The van der Waals surface area contributed by atoms with Gasteiger partial charge in [0.2, 0.25) is 0 Å². The van der Waals surface area contributed by atoms with Gasteiger partial charge in [0.1, 0.15) is 0 Å². The fourth-order valence-electron chi connectivity index (χ4n) is 0.638. The minimum atomic E-state index is -0.833. The zero-order valence-corrected chi connectivity index (χ0v) is 15.4. The number of carboxylic acids is 4. The summed E-state index contributed by atoms with van der Waals surface area (Å²) in [5, 5.41) is 30.6. The summed E-state index contributed by atoms with van der Waals surface area (Å²) in [6.45, 7) is 7.03. The molecular weight excluding hydrogens is 295 g/mol. The SMILES string of the molecule is CC(=O)O.CC(=O)O.CC(=O)O.CCC(CC)C(=O)O.[H-].[Na+]. The van der Waals surface area contributed by atoms with Crippen molar-refractivity contribution in [2.75, 3.05) is 0 Å². The van der Waals surface area contributed by atoms with Crippen LogP contribution in [0.2, 0.25) is 0 Å². The van der Waals surface area contributed by atoms with Crippen LogP contribution in [0.3, 0.4) is 0 Å². The summed E-state index contributed by atoms with van der Waals surface area (Å²) in [5.74, 6) is -3.30. The van der Waals surface area contributed by atoms with Gasteiger partial charge in [-0.1, -0.05) is 13.8 Å². The van der Waals surface area contributed by atoms with Crippen LogP contribution in [0, 0.1) is 5.92 Å². The van der Waals surface area contributed by atoms with Gasteiger partial charge in [-0.25, -0.2) is 0 Å². The molecule has 0 aliphatic carbocycles. The third kappa shape index (κ3) is 114. The van der Waals surface area contributed by atoms with E-state index < -0.39 is 23.9 Å². The monoisotopic (exact) mass is 320 g/mol. The smallest absolute Gasteiger partial charge is 1.00 e. The van der Waals surface area contributed by atoms with Gasteiger partial charge in [0.05, 0.1) is 5.92 Å². The molecule has 0 unspecified atom stereocenters. The van der Waals surface area contributed by atoms with E-state index in [-0.39, 0.29) is 36.9 Å². The van der Waals surface area contributed by atoms with E-state index in [1.54, 1.807) is 0 Å². The Morgan fingerprint density at radius 2 is 0.905 bits per heavy atom. The molecule has 0 aliphatic heterocycles. The molecule has 0 heterocycles. The second-order valence-electron chi connectivity index (χ2n) is 3.41. The van der Waals surface area contributed by atoms with Crippen molar-refractivity contribution in [1.82, 2.24) is 0 Å². The zero-order valence-electron chi connectivity index (χ0n) is 14.4. The first kappa shape index (κ1) is 32.0. The van der Waals surface area contributed by atoms with E-state index in [2.05, 4.69) is 0 Å². The van der Waals surface area contributed by atoms with Crippen molar-refractivity contribution < 1.29 is 70.6 Å². The number of carbonyl (C=O) groups is 4. The van der Waals surface area contributed by atoms with E-state index in [4.69, 9.17) is 34.8 Å². The summed E-state index contributed by atoms with van der Waals surface area (Å²) < 4.78 is 0. The molecule has 122 valence electrons. The van der Waals surface area contributed by atoms with Gasteiger partial charge in [-0.2, -0.15) is 0 Å². The molecule has 9 heteroatoms. The summed E-state index contributed by atoms with van der Waals surface area (Å²) in [7, 11) is 0. The molecule has 0 rings (SSSR count). The minimum absolute atomic E-state index is 0. The topological polar surface area (TPSA) is 149 Å². The Kier molecular flexibility index (Phi) is 36.5. The van der Waals surface area contributed by atoms with E-state index >= 15 is 0 Å². The van der Waals surface area contributed by atoms with E-state index in [0.717, 1.165) is 33.6 Å². The third-order valence-corrected chi connectivity index (χ3v) is 1.33. The number of hydrogen-bond acceptors (Lipinski definition) is 4. The van der Waals surface area contributed by atoms with Crippen molar-refractivity contribution in [3.8, 4) is 0 Å². The maximum absolute atomic E-state index is 10.2. The van der Waals surface area contributed by atoms with Crippen molar-refractivity contribution in [2.45, 2.75) is 47.5 Å². The summed E-state index contributed by atoms with van der Waals surface area (Å²) >= 11 is 0. The molecule has 0 bridgehead atoms. The first-order valence-electron chi connectivity index (χ1n) is 5.73. The third-order valence-electron chi connectivity index (χ3n) is 1.33. The van der Waals surface area contributed by atoms with Gasteiger partial charge in [0, 0.05) is 20.8 Å². The standard InChI is InChI=1S/C6H12O2.3C2H4O2.Na.H/c1-3-5(4-2)6(7)8;3*1-2(3)4;;/h5H,3-4H2,1-2H3,(H,7,8);3*1H3,(H,3,4);;/q;;;;+1;-1. The number of aliphatic carboxylic acids is 4. The first-order valence-corrected chi connectivity index (χ1v) is 5.73. The van der Waals surface area contributed by atoms with E-state index in [0.29, 0.717) is 0 Å². The Balaban J connectivity index is -0.0000000400. The van der Waals surface area contributed by atoms with Crippen LogP contribution in [0.1, 0.15) is 48.9 Å². The van der Waals surface area contributed by atoms with Crippen molar-refractivity contribution in [3.63, 3.8) is 0 Å². The molecule has 0 aromatic heterocycles. The van der Waals surface area contributed by atoms with E-state index in [1.165, 1.54) is 0 Å². The van der Waals surface area contributed by atoms with Crippen LogP contribution in [-0.4, -0.2) is 44.3 Å². The van der Waals surface area contributed by atoms with Crippen LogP contribution >= 0.6 is 0 Å².